The van der Waals surface area contributed by atoms with Crippen LogP contribution in [0.1, 0.15) is 218 Å². The third-order valence-corrected chi connectivity index (χ3v) is 19.6. The van der Waals surface area contributed by atoms with E-state index in [0.717, 1.165) is 69.7 Å². The summed E-state index contributed by atoms with van der Waals surface area (Å²) in [5.41, 5.74) is 7.01. The number of benzene rings is 6. The summed E-state index contributed by atoms with van der Waals surface area (Å²) in [5.74, 6) is -1.16. The maximum Gasteiger partial charge on any atom is 1.00 e. The van der Waals surface area contributed by atoms with E-state index in [1.807, 2.05) is 253 Å². The molecule has 0 saturated heterocycles. The molecule has 0 aliphatic carbocycles. The monoisotopic (exact) mass is 1750 g/mol. The molecule has 6 aromatic rings. The average Bonchev–Trinajstić information content (AvgIpc) is 0.843. The normalized spacial score (nSPS) is 13.6. The second-order valence-corrected chi connectivity index (χ2v) is 38.6. The van der Waals surface area contributed by atoms with Crippen molar-refractivity contribution < 1.29 is 129 Å². The summed E-state index contributed by atoms with van der Waals surface area (Å²) in [6.07, 6.45) is 0.725. The first kappa shape index (κ1) is 110. The number of ether oxygens (including phenoxy) is 10. The first-order chi connectivity index (χ1) is 57.2. The molecule has 0 radical (unpaired) electrons. The molecule has 0 spiro atoms. The Bertz CT molecular complexity index is 4320. The summed E-state index contributed by atoms with van der Waals surface area (Å²) in [6, 6.07) is 45.7. The van der Waals surface area contributed by atoms with Crippen LogP contribution in [0.3, 0.4) is 0 Å². The summed E-state index contributed by atoms with van der Waals surface area (Å²) in [6.45, 7) is 44.4. The Morgan fingerprint density at radius 3 is 0.960 bits per heavy atom. The van der Waals surface area contributed by atoms with Gasteiger partial charge in [-0.25, -0.2) is 22.8 Å². The van der Waals surface area contributed by atoms with Crippen LogP contribution in [0, 0.1) is 21.7 Å². The Morgan fingerprint density at radius 1 is 0.355 bits per heavy atom. The summed E-state index contributed by atoms with van der Waals surface area (Å²) in [4.78, 5) is 85.0. The maximum absolute atomic E-state index is 12.4. The van der Waals surface area contributed by atoms with Gasteiger partial charge in [-0.15, -0.1) is 0 Å². The molecule has 6 rings (SSSR count). The van der Waals surface area contributed by atoms with Crippen molar-refractivity contribution in [2.24, 2.45) is 21.7 Å². The largest absolute Gasteiger partial charge is 1.00 e. The van der Waals surface area contributed by atoms with Crippen molar-refractivity contribution in [3.05, 3.63) is 179 Å². The van der Waals surface area contributed by atoms with Gasteiger partial charge in [0.2, 0.25) is 17.7 Å². The maximum atomic E-state index is 12.4. The van der Waals surface area contributed by atoms with Gasteiger partial charge in [0.25, 0.3) is 0 Å². The topological polar surface area (TPSA) is 361 Å². The van der Waals surface area contributed by atoms with Crippen molar-refractivity contribution in [2.45, 2.75) is 251 Å². The summed E-state index contributed by atoms with van der Waals surface area (Å²) in [7, 11) is -4.61. The van der Waals surface area contributed by atoms with E-state index < -0.39 is 85.2 Å². The van der Waals surface area contributed by atoms with Gasteiger partial charge >= 0.3 is 53.8 Å². The number of rotatable bonds is 41. The molecular weight excluding hydrogens is 1620 g/mol. The van der Waals surface area contributed by atoms with Crippen molar-refractivity contribution in [1.82, 2.24) is 0 Å². The number of carboxylic acid groups (broad SMARTS) is 1. The van der Waals surface area contributed by atoms with Crippen LogP contribution in [0.5, 0.6) is 0 Å². The number of hydrogen-bond donors (Lipinski definition) is 7. The van der Waals surface area contributed by atoms with Gasteiger partial charge < -0.3 is 73.0 Å². The zero-order valence-electron chi connectivity index (χ0n) is 77.8. The Morgan fingerprint density at radius 2 is 0.645 bits per heavy atom. The molecular formula is C95H139N6NaO21S. The van der Waals surface area contributed by atoms with Gasteiger partial charge in [0.05, 0.1) is 96.2 Å². The number of carbonyl (C=O) groups is 7. The quantitative estimate of drug-likeness (QED) is 0.00811. The fourth-order valence-corrected chi connectivity index (χ4v) is 11.2. The molecule has 0 fully saturated rings. The van der Waals surface area contributed by atoms with Crippen molar-refractivity contribution >= 4 is 86.2 Å². The number of nitrogens with one attached hydrogen (secondary N) is 6. The van der Waals surface area contributed by atoms with E-state index in [1.54, 1.807) is 52.0 Å². The third-order valence-electron chi connectivity index (χ3n) is 18.5. The van der Waals surface area contributed by atoms with Crippen LogP contribution in [0.2, 0.25) is 0 Å². The fraction of sp³-hybridized carbons (Fsp3) is 0.547. The van der Waals surface area contributed by atoms with Gasteiger partial charge in [0, 0.05) is 63.6 Å². The smallest absolute Gasteiger partial charge is 0.748 e. The Kier molecular flexibility index (Phi) is 46.1. The molecule has 0 aromatic heterocycles. The van der Waals surface area contributed by atoms with Crippen molar-refractivity contribution in [3.8, 4) is 0 Å². The van der Waals surface area contributed by atoms with E-state index in [1.165, 1.54) is 0 Å². The average molecular weight is 1760 g/mol. The van der Waals surface area contributed by atoms with Gasteiger partial charge in [-0.2, -0.15) is 0 Å². The van der Waals surface area contributed by atoms with Gasteiger partial charge in [-0.3, -0.25) is 35.1 Å². The minimum absolute atomic E-state index is 0. The number of unbranched alkanes of at least 4 members (excludes halogenated alkanes) is 1. The predicted molar refractivity (Wildman–Crippen MR) is 483 cm³/mol. The number of aliphatic carboxylic acids is 1. The van der Waals surface area contributed by atoms with E-state index >= 15 is 0 Å². The van der Waals surface area contributed by atoms with Gasteiger partial charge in [-0.1, -0.05) is 142 Å². The molecule has 0 heterocycles. The molecule has 7 N–H and O–H groups in total. The summed E-state index contributed by atoms with van der Waals surface area (Å²) in [5, 5.41) is 25.3. The molecule has 124 heavy (non-hydrogen) atoms. The first-order valence-corrected chi connectivity index (χ1v) is 43.5. The van der Waals surface area contributed by atoms with E-state index in [0.29, 0.717) is 49.7 Å². The second-order valence-electron chi connectivity index (χ2n) is 37.0. The van der Waals surface area contributed by atoms with Gasteiger partial charge in [-0.05, 0) is 241 Å². The number of amides is 6. The zero-order valence-corrected chi connectivity index (χ0v) is 80.6. The summed E-state index contributed by atoms with van der Waals surface area (Å²) < 4.78 is 91.1. The van der Waals surface area contributed by atoms with Crippen LogP contribution in [0.25, 0.3) is 0 Å². The van der Waals surface area contributed by atoms with Gasteiger partial charge in [0.15, 0.2) is 0 Å². The number of carbonyl (C=O) groups excluding carboxylic acids is 6. The Balaban J connectivity index is 0.000000495. The zero-order chi connectivity index (χ0) is 92.2. The molecule has 0 saturated carbocycles. The number of carboxylic acids is 1. The Labute approximate surface area is 759 Å². The minimum Gasteiger partial charge on any atom is -0.748 e. The fourth-order valence-electron chi connectivity index (χ4n) is 10.5. The SMILES string of the molecule is CC(C)(C)OCCCCOC(=O)Nc1ccc(Cc2ccc(NC(=O)C(C)(C)C)cc2)cc1.CC(COC(=O)Nc1ccc(Cc2ccc(NC(=O)C(C)(C)C)cc2)cc1)OCC(C)OCCC(COC(C)COC(C)COC(C)(C)C)S(=O)(=O)[O-].CCC(COC(=O)Nc1ccc(Cc2ccc(NC(=O)C(C)(C)C)cc2)cc1)(COC(C)(C)C)C(=O)O.[Na+]. The van der Waals surface area contributed by atoms with E-state index in [2.05, 4.69) is 31.9 Å². The molecule has 27 nitrogen and oxygen atoms in total. The second kappa shape index (κ2) is 52.1. The molecule has 29 heteroatoms. The van der Waals surface area contributed by atoms with Crippen molar-refractivity contribution in [2.75, 3.05) is 98.0 Å². The standard InChI is InChI=1S/C39H62N2O11S.C29H40N2O6.C27H38N2O4.Na/c1-27(47-20-19-35(53(44,45)46)26-50-28(2)23-49-30(4)25-52-39(8,9)10)22-48-29(3)24-51-37(43)41-34-17-13-32(14-18-34)21-31-11-15-33(16-12-31)40-36(42)38(5,6)7;1-8-29(25(33)34,19-37-28(5,6)7)18-36-26(35)31-23-15-11-21(12-16-23)17-20-9-13-22(14-10-20)30-24(32)27(2,3)4;1-26(2,3)24(30)28-22-13-9-20(10-14-22)19-21-11-15-23(16-12-21)29-25(31)32-17-7-8-18-33-27(4,5)6;/h11-18,27-30,35H,19-26H2,1-10H3,(H,40,42)(H,41,43)(H,44,45,46);9-16H,8,17-19H2,1-7H3,(H,30,32)(H,31,35)(H,33,34);9-16H,7-8,17-19H2,1-6H3,(H,28,30)(H,29,31);/q;;;+1/p-1. The van der Waals surface area contributed by atoms with Crippen LogP contribution < -0.4 is 61.5 Å². The molecule has 682 valence electrons. The van der Waals surface area contributed by atoms with Crippen molar-refractivity contribution in [3.63, 3.8) is 0 Å². The van der Waals surface area contributed by atoms with Crippen LogP contribution in [0.4, 0.5) is 48.5 Å². The van der Waals surface area contributed by atoms with Crippen LogP contribution in [-0.4, -0.2) is 173 Å². The number of hydrogen-bond acceptors (Lipinski definition) is 20. The van der Waals surface area contributed by atoms with E-state index in [9.17, 15) is 51.6 Å². The first-order valence-electron chi connectivity index (χ1n) is 42.0. The van der Waals surface area contributed by atoms with Crippen LogP contribution in [0.15, 0.2) is 146 Å². The summed E-state index contributed by atoms with van der Waals surface area (Å²) >= 11 is 0. The third kappa shape index (κ3) is 46.7. The Hall–Kier alpha value is -8.36. The molecule has 6 amide bonds. The predicted octanol–water partition coefficient (Wildman–Crippen LogP) is 16.1. The van der Waals surface area contributed by atoms with E-state index in [4.69, 9.17) is 47.4 Å². The van der Waals surface area contributed by atoms with Crippen LogP contribution in [-0.2, 0) is 95.9 Å². The molecule has 6 unspecified atom stereocenters. The number of anilines is 6. The molecule has 6 atom stereocenters. The molecule has 6 aromatic carbocycles. The molecule has 0 bridgehead atoms. The minimum atomic E-state index is -4.61. The van der Waals surface area contributed by atoms with E-state index in [-0.39, 0.29) is 124 Å². The molecule has 0 aliphatic heterocycles. The van der Waals surface area contributed by atoms with Gasteiger partial charge in [0.1, 0.15) is 18.6 Å². The van der Waals surface area contributed by atoms with Crippen molar-refractivity contribution in [1.29, 1.82) is 0 Å². The molecule has 0 aliphatic rings. The van der Waals surface area contributed by atoms with Crippen LogP contribution >= 0.6 is 0 Å².